The molecule has 3 atom stereocenters. The molecule has 0 amide bonds. The van der Waals surface area contributed by atoms with Gasteiger partial charge in [-0.2, -0.15) is 0 Å². The van der Waals surface area contributed by atoms with Crippen LogP contribution < -0.4 is 10.1 Å². The van der Waals surface area contributed by atoms with Crippen LogP contribution in [0.4, 0.5) is 0 Å². The average Bonchev–Trinajstić information content (AvgIpc) is 2.41. The quantitative estimate of drug-likeness (QED) is 0.891. The van der Waals surface area contributed by atoms with Gasteiger partial charge in [0.2, 0.25) is 0 Å². The molecule has 2 nitrogen and oxygen atoms in total. The molecular weight excluding hydrogens is 246 g/mol. The topological polar surface area (TPSA) is 21.3 Å². The SMILES string of the molecule is CCC1(C)C(NC)CC1Oc1cccc(C(C)(C)C)c1. The molecule has 1 aliphatic rings. The van der Waals surface area contributed by atoms with Crippen LogP contribution in [-0.2, 0) is 5.41 Å². The molecule has 0 bridgehead atoms. The average molecular weight is 275 g/mol. The van der Waals surface area contributed by atoms with Crippen molar-refractivity contribution >= 4 is 0 Å². The summed E-state index contributed by atoms with van der Waals surface area (Å²) < 4.78 is 6.28. The van der Waals surface area contributed by atoms with E-state index in [0.29, 0.717) is 12.1 Å². The monoisotopic (exact) mass is 275 g/mol. The molecule has 0 aromatic heterocycles. The molecule has 20 heavy (non-hydrogen) atoms. The maximum absolute atomic E-state index is 6.28. The molecule has 0 heterocycles. The van der Waals surface area contributed by atoms with Gasteiger partial charge in [-0.1, -0.05) is 46.8 Å². The molecule has 0 aliphatic heterocycles. The molecule has 0 saturated heterocycles. The summed E-state index contributed by atoms with van der Waals surface area (Å²) in [4.78, 5) is 0. The Kier molecular flexibility index (Phi) is 4.15. The normalized spacial score (nSPS) is 29.9. The fraction of sp³-hybridized carbons (Fsp3) is 0.667. The van der Waals surface area contributed by atoms with Gasteiger partial charge in [-0.3, -0.25) is 0 Å². The van der Waals surface area contributed by atoms with Gasteiger partial charge in [0.1, 0.15) is 11.9 Å². The number of nitrogens with one attached hydrogen (secondary N) is 1. The Balaban J connectivity index is 2.12. The highest BCUT2D eigenvalue weighted by Crippen LogP contribution is 2.46. The van der Waals surface area contributed by atoms with Crippen molar-refractivity contribution in [1.29, 1.82) is 0 Å². The molecule has 1 aromatic rings. The molecule has 1 aromatic carbocycles. The summed E-state index contributed by atoms with van der Waals surface area (Å²) in [6.07, 6.45) is 2.56. The second kappa shape index (κ2) is 5.40. The first-order valence-electron chi connectivity index (χ1n) is 7.75. The Hall–Kier alpha value is -1.02. The van der Waals surface area contributed by atoms with Crippen LogP contribution in [0.1, 0.15) is 53.0 Å². The van der Waals surface area contributed by atoms with E-state index >= 15 is 0 Å². The minimum absolute atomic E-state index is 0.167. The Morgan fingerprint density at radius 1 is 1.35 bits per heavy atom. The van der Waals surface area contributed by atoms with Gasteiger partial charge in [0, 0.05) is 17.9 Å². The number of hydrogen-bond acceptors (Lipinski definition) is 2. The lowest BCUT2D eigenvalue weighted by molar-refractivity contribution is -0.0677. The molecule has 1 saturated carbocycles. The maximum atomic E-state index is 6.28. The minimum atomic E-state index is 0.167. The summed E-state index contributed by atoms with van der Waals surface area (Å²) in [5.74, 6) is 1.01. The highest BCUT2D eigenvalue weighted by Gasteiger charge is 2.51. The minimum Gasteiger partial charge on any atom is -0.490 e. The van der Waals surface area contributed by atoms with Crippen LogP contribution in [0.25, 0.3) is 0 Å². The van der Waals surface area contributed by atoms with E-state index < -0.39 is 0 Å². The third-order valence-electron chi connectivity index (χ3n) is 5.07. The van der Waals surface area contributed by atoms with E-state index in [1.807, 2.05) is 0 Å². The van der Waals surface area contributed by atoms with Crippen LogP contribution in [-0.4, -0.2) is 19.2 Å². The zero-order chi connectivity index (χ0) is 15.0. The predicted molar refractivity (Wildman–Crippen MR) is 85.4 cm³/mol. The third-order valence-corrected chi connectivity index (χ3v) is 5.07. The van der Waals surface area contributed by atoms with Gasteiger partial charge in [0.25, 0.3) is 0 Å². The summed E-state index contributed by atoms with van der Waals surface area (Å²) >= 11 is 0. The van der Waals surface area contributed by atoms with E-state index in [1.165, 1.54) is 5.56 Å². The van der Waals surface area contributed by atoms with Crippen molar-refractivity contribution in [2.24, 2.45) is 5.41 Å². The predicted octanol–water partition coefficient (Wildman–Crippen LogP) is 4.14. The zero-order valence-electron chi connectivity index (χ0n) is 13.8. The van der Waals surface area contributed by atoms with E-state index in [4.69, 9.17) is 4.74 Å². The molecule has 112 valence electrons. The van der Waals surface area contributed by atoms with Gasteiger partial charge >= 0.3 is 0 Å². The van der Waals surface area contributed by atoms with Gasteiger partial charge in [-0.05, 0) is 36.6 Å². The smallest absolute Gasteiger partial charge is 0.120 e. The molecule has 2 rings (SSSR count). The molecule has 2 heteroatoms. The van der Waals surface area contributed by atoms with Gasteiger partial charge in [-0.15, -0.1) is 0 Å². The van der Waals surface area contributed by atoms with Crippen molar-refractivity contribution in [2.45, 2.75) is 65.0 Å². The van der Waals surface area contributed by atoms with Crippen molar-refractivity contribution < 1.29 is 4.74 Å². The summed E-state index contributed by atoms with van der Waals surface area (Å²) in [6, 6.07) is 9.14. The molecule has 0 spiro atoms. The number of rotatable bonds is 4. The van der Waals surface area contributed by atoms with E-state index in [-0.39, 0.29) is 10.8 Å². The molecule has 1 N–H and O–H groups in total. The Morgan fingerprint density at radius 3 is 2.60 bits per heavy atom. The standard InChI is InChI=1S/C18H29NO/c1-7-18(5)15(19-6)12-16(18)20-14-10-8-9-13(11-14)17(2,3)4/h8-11,15-16,19H,7,12H2,1-6H3. The van der Waals surface area contributed by atoms with Crippen molar-refractivity contribution in [3.8, 4) is 5.75 Å². The molecule has 0 radical (unpaired) electrons. The van der Waals surface area contributed by atoms with Crippen molar-refractivity contribution in [1.82, 2.24) is 5.32 Å². The zero-order valence-corrected chi connectivity index (χ0v) is 13.8. The lowest BCUT2D eigenvalue weighted by atomic mass is 9.61. The van der Waals surface area contributed by atoms with E-state index in [0.717, 1.165) is 18.6 Å². The van der Waals surface area contributed by atoms with Crippen LogP contribution in [0.5, 0.6) is 5.75 Å². The van der Waals surface area contributed by atoms with E-state index in [1.54, 1.807) is 0 Å². The fourth-order valence-electron chi connectivity index (χ4n) is 3.12. The van der Waals surface area contributed by atoms with E-state index in [2.05, 4.69) is 71.2 Å². The summed E-state index contributed by atoms with van der Waals surface area (Å²) in [7, 11) is 2.05. The van der Waals surface area contributed by atoms with Crippen LogP contribution in [0.15, 0.2) is 24.3 Å². The highest BCUT2D eigenvalue weighted by molar-refractivity contribution is 5.33. The fourth-order valence-corrected chi connectivity index (χ4v) is 3.12. The number of hydrogen-bond donors (Lipinski definition) is 1. The highest BCUT2D eigenvalue weighted by atomic mass is 16.5. The second-order valence-corrected chi connectivity index (χ2v) is 7.32. The van der Waals surface area contributed by atoms with E-state index in [9.17, 15) is 0 Å². The van der Waals surface area contributed by atoms with Gasteiger partial charge < -0.3 is 10.1 Å². The first-order chi connectivity index (χ1) is 9.31. The summed E-state index contributed by atoms with van der Waals surface area (Å²) in [6.45, 7) is 11.3. The van der Waals surface area contributed by atoms with Gasteiger partial charge in [0.15, 0.2) is 0 Å². The van der Waals surface area contributed by atoms with Crippen LogP contribution in [0.3, 0.4) is 0 Å². The summed E-state index contributed by atoms with van der Waals surface area (Å²) in [5, 5.41) is 3.41. The maximum Gasteiger partial charge on any atom is 0.120 e. The Labute approximate surface area is 123 Å². The lowest BCUT2D eigenvalue weighted by Gasteiger charge is -2.53. The Bertz CT molecular complexity index is 463. The molecule has 1 fully saturated rings. The molecule has 1 aliphatic carbocycles. The Morgan fingerprint density at radius 2 is 2.05 bits per heavy atom. The largest absolute Gasteiger partial charge is 0.490 e. The van der Waals surface area contributed by atoms with Crippen molar-refractivity contribution in [3.05, 3.63) is 29.8 Å². The first kappa shape index (κ1) is 15.4. The van der Waals surface area contributed by atoms with Crippen LogP contribution in [0.2, 0.25) is 0 Å². The van der Waals surface area contributed by atoms with Crippen molar-refractivity contribution in [2.75, 3.05) is 7.05 Å². The first-order valence-corrected chi connectivity index (χ1v) is 7.75. The van der Waals surface area contributed by atoms with Crippen LogP contribution >= 0.6 is 0 Å². The lowest BCUT2D eigenvalue weighted by Crippen LogP contribution is -2.62. The summed E-state index contributed by atoms with van der Waals surface area (Å²) in [5.41, 5.74) is 1.74. The van der Waals surface area contributed by atoms with Gasteiger partial charge in [0.05, 0.1) is 0 Å². The second-order valence-electron chi connectivity index (χ2n) is 7.32. The third kappa shape index (κ3) is 2.71. The molecule has 3 unspecified atom stereocenters. The number of ether oxygens (including phenoxy) is 1. The van der Waals surface area contributed by atoms with Crippen LogP contribution in [0, 0.1) is 5.41 Å². The van der Waals surface area contributed by atoms with Gasteiger partial charge in [-0.25, -0.2) is 0 Å². The van der Waals surface area contributed by atoms with Crippen molar-refractivity contribution in [3.63, 3.8) is 0 Å². The molecular formula is C18H29NO. The number of benzene rings is 1.